The Morgan fingerprint density at radius 3 is 2.41 bits per heavy atom. The Labute approximate surface area is 130 Å². The fraction of sp³-hybridized carbons (Fsp3) is 0.353. The highest BCUT2D eigenvalue weighted by atomic mass is 16.1. The number of piperidine rings is 1. The molecule has 0 spiro atoms. The van der Waals surface area contributed by atoms with Gasteiger partial charge in [0.25, 0.3) is 5.91 Å². The normalized spacial score (nSPS) is 16.4. The molecule has 22 heavy (non-hydrogen) atoms. The van der Waals surface area contributed by atoms with Crippen molar-refractivity contribution in [3.63, 3.8) is 0 Å². The SMILES string of the molecule is CN1CCC(NC(=O)c2cnc(-c3ccccc3)nc2)CC1. The van der Waals surface area contributed by atoms with Crippen LogP contribution in [0.3, 0.4) is 0 Å². The Morgan fingerprint density at radius 1 is 1.14 bits per heavy atom. The number of aromatic nitrogens is 2. The van der Waals surface area contributed by atoms with E-state index >= 15 is 0 Å². The molecule has 0 saturated carbocycles. The van der Waals surface area contributed by atoms with Crippen molar-refractivity contribution in [1.82, 2.24) is 20.2 Å². The maximum atomic E-state index is 12.2. The van der Waals surface area contributed by atoms with Crippen LogP contribution in [0.4, 0.5) is 0 Å². The van der Waals surface area contributed by atoms with Gasteiger partial charge in [-0.2, -0.15) is 0 Å². The van der Waals surface area contributed by atoms with Crippen molar-refractivity contribution in [3.8, 4) is 11.4 Å². The predicted octanol–water partition coefficient (Wildman–Crippen LogP) is 1.97. The van der Waals surface area contributed by atoms with Gasteiger partial charge in [-0.05, 0) is 33.0 Å². The molecule has 114 valence electrons. The quantitative estimate of drug-likeness (QED) is 0.941. The highest BCUT2D eigenvalue weighted by Gasteiger charge is 2.19. The van der Waals surface area contributed by atoms with Gasteiger partial charge in [0.15, 0.2) is 5.82 Å². The second-order valence-corrected chi connectivity index (χ2v) is 5.71. The lowest BCUT2D eigenvalue weighted by Crippen LogP contribution is -2.43. The summed E-state index contributed by atoms with van der Waals surface area (Å²) in [6.45, 7) is 2.04. The van der Waals surface area contributed by atoms with Gasteiger partial charge in [0.2, 0.25) is 0 Å². The molecule has 1 aromatic carbocycles. The number of nitrogens with one attached hydrogen (secondary N) is 1. The summed E-state index contributed by atoms with van der Waals surface area (Å²) in [6.07, 6.45) is 5.18. The van der Waals surface area contributed by atoms with E-state index < -0.39 is 0 Å². The van der Waals surface area contributed by atoms with Gasteiger partial charge in [-0.1, -0.05) is 30.3 Å². The highest BCUT2D eigenvalue weighted by Crippen LogP contribution is 2.14. The number of likely N-dealkylation sites (tertiary alicyclic amines) is 1. The Kier molecular flexibility index (Phi) is 4.44. The third-order valence-electron chi connectivity index (χ3n) is 4.00. The van der Waals surface area contributed by atoms with Crippen molar-refractivity contribution in [3.05, 3.63) is 48.3 Å². The van der Waals surface area contributed by atoms with E-state index in [1.54, 1.807) is 12.4 Å². The van der Waals surface area contributed by atoms with Crippen LogP contribution in [0.2, 0.25) is 0 Å². The van der Waals surface area contributed by atoms with Gasteiger partial charge >= 0.3 is 0 Å². The lowest BCUT2D eigenvalue weighted by atomic mass is 10.1. The smallest absolute Gasteiger partial charge is 0.254 e. The molecule has 1 aliphatic rings. The van der Waals surface area contributed by atoms with Crippen LogP contribution < -0.4 is 5.32 Å². The molecule has 1 N–H and O–H groups in total. The summed E-state index contributed by atoms with van der Waals surface area (Å²) < 4.78 is 0. The molecule has 0 unspecified atom stereocenters. The van der Waals surface area contributed by atoms with E-state index in [4.69, 9.17) is 0 Å². The van der Waals surface area contributed by atoms with E-state index in [2.05, 4.69) is 27.2 Å². The minimum absolute atomic E-state index is 0.0887. The molecule has 0 radical (unpaired) electrons. The van der Waals surface area contributed by atoms with Crippen LogP contribution in [0.25, 0.3) is 11.4 Å². The Morgan fingerprint density at radius 2 is 1.77 bits per heavy atom. The highest BCUT2D eigenvalue weighted by molar-refractivity contribution is 5.93. The van der Waals surface area contributed by atoms with Crippen LogP contribution in [0.1, 0.15) is 23.2 Å². The molecule has 0 atom stereocenters. The average molecular weight is 296 g/mol. The fourth-order valence-corrected chi connectivity index (χ4v) is 2.60. The third kappa shape index (κ3) is 3.49. The second kappa shape index (κ2) is 6.66. The number of hydrogen-bond donors (Lipinski definition) is 1. The molecule has 1 amide bonds. The molecule has 0 aliphatic carbocycles. The Hall–Kier alpha value is -2.27. The van der Waals surface area contributed by atoms with Crippen molar-refractivity contribution in [1.29, 1.82) is 0 Å². The first-order valence-corrected chi connectivity index (χ1v) is 7.59. The number of carbonyl (C=O) groups excluding carboxylic acids is 1. The predicted molar refractivity (Wildman–Crippen MR) is 85.5 cm³/mol. The molecule has 1 fully saturated rings. The maximum absolute atomic E-state index is 12.2. The summed E-state index contributed by atoms with van der Waals surface area (Å²) in [5.41, 5.74) is 1.46. The molecule has 2 aromatic rings. The standard InChI is InChI=1S/C17H20N4O/c1-21-9-7-15(8-10-21)20-17(22)14-11-18-16(19-12-14)13-5-3-2-4-6-13/h2-6,11-12,15H,7-10H2,1H3,(H,20,22). The Bertz CT molecular complexity index is 619. The molecule has 5 heteroatoms. The maximum Gasteiger partial charge on any atom is 0.254 e. The van der Waals surface area contributed by atoms with E-state index in [-0.39, 0.29) is 11.9 Å². The molecule has 1 aliphatic heterocycles. The minimum Gasteiger partial charge on any atom is -0.349 e. The molecule has 0 bridgehead atoms. The van der Waals surface area contributed by atoms with E-state index in [9.17, 15) is 4.79 Å². The first kappa shape index (κ1) is 14.7. The monoisotopic (exact) mass is 296 g/mol. The first-order chi connectivity index (χ1) is 10.7. The number of benzene rings is 1. The minimum atomic E-state index is -0.0887. The van der Waals surface area contributed by atoms with Gasteiger partial charge in [-0.25, -0.2) is 9.97 Å². The van der Waals surface area contributed by atoms with E-state index in [0.717, 1.165) is 31.5 Å². The number of hydrogen-bond acceptors (Lipinski definition) is 4. The van der Waals surface area contributed by atoms with Crippen LogP contribution in [0, 0.1) is 0 Å². The van der Waals surface area contributed by atoms with Crippen LogP contribution in [0.5, 0.6) is 0 Å². The van der Waals surface area contributed by atoms with Crippen molar-refractivity contribution in [2.24, 2.45) is 0 Å². The van der Waals surface area contributed by atoms with Crippen molar-refractivity contribution < 1.29 is 4.79 Å². The number of amides is 1. The van der Waals surface area contributed by atoms with Gasteiger partial charge in [0, 0.05) is 24.0 Å². The molecule has 2 heterocycles. The largest absolute Gasteiger partial charge is 0.349 e. The summed E-state index contributed by atoms with van der Waals surface area (Å²) in [4.78, 5) is 23.1. The van der Waals surface area contributed by atoms with Crippen molar-refractivity contribution in [2.75, 3.05) is 20.1 Å². The topological polar surface area (TPSA) is 58.1 Å². The van der Waals surface area contributed by atoms with E-state index in [1.807, 2.05) is 30.3 Å². The summed E-state index contributed by atoms with van der Waals surface area (Å²) >= 11 is 0. The second-order valence-electron chi connectivity index (χ2n) is 5.71. The number of carbonyl (C=O) groups is 1. The van der Waals surface area contributed by atoms with Gasteiger partial charge in [-0.15, -0.1) is 0 Å². The van der Waals surface area contributed by atoms with Gasteiger partial charge in [0.05, 0.1) is 5.56 Å². The van der Waals surface area contributed by atoms with Crippen molar-refractivity contribution >= 4 is 5.91 Å². The van der Waals surface area contributed by atoms with Crippen LogP contribution >= 0.6 is 0 Å². The molecular formula is C17H20N4O. The molecule has 1 aromatic heterocycles. The zero-order chi connectivity index (χ0) is 15.4. The number of rotatable bonds is 3. The molecular weight excluding hydrogens is 276 g/mol. The van der Waals surface area contributed by atoms with Crippen LogP contribution in [-0.4, -0.2) is 47.0 Å². The van der Waals surface area contributed by atoms with Crippen LogP contribution in [0.15, 0.2) is 42.7 Å². The molecule has 1 saturated heterocycles. The van der Waals surface area contributed by atoms with Gasteiger partial charge in [0.1, 0.15) is 0 Å². The summed E-state index contributed by atoms with van der Waals surface area (Å²) in [6, 6.07) is 9.99. The lowest BCUT2D eigenvalue weighted by molar-refractivity contribution is 0.0916. The average Bonchev–Trinajstić information content (AvgIpc) is 2.58. The third-order valence-corrected chi connectivity index (χ3v) is 4.00. The molecule has 3 rings (SSSR count). The zero-order valence-electron chi connectivity index (χ0n) is 12.7. The molecule has 5 nitrogen and oxygen atoms in total. The first-order valence-electron chi connectivity index (χ1n) is 7.59. The Balaban J connectivity index is 1.64. The van der Waals surface area contributed by atoms with Crippen molar-refractivity contribution in [2.45, 2.75) is 18.9 Å². The number of nitrogens with zero attached hydrogens (tertiary/aromatic N) is 3. The van der Waals surface area contributed by atoms with Gasteiger partial charge in [-0.3, -0.25) is 4.79 Å². The van der Waals surface area contributed by atoms with Crippen LogP contribution in [-0.2, 0) is 0 Å². The summed E-state index contributed by atoms with van der Waals surface area (Å²) in [7, 11) is 2.11. The van der Waals surface area contributed by atoms with E-state index in [0.29, 0.717) is 11.4 Å². The van der Waals surface area contributed by atoms with Gasteiger partial charge < -0.3 is 10.2 Å². The summed E-state index contributed by atoms with van der Waals surface area (Å²) in [5.74, 6) is 0.547. The van der Waals surface area contributed by atoms with E-state index in [1.165, 1.54) is 0 Å². The summed E-state index contributed by atoms with van der Waals surface area (Å²) in [5, 5.41) is 3.07. The zero-order valence-corrected chi connectivity index (χ0v) is 12.7. The lowest BCUT2D eigenvalue weighted by Gasteiger charge is -2.29. The fourth-order valence-electron chi connectivity index (χ4n) is 2.60.